The molecule has 0 saturated heterocycles. The van der Waals surface area contributed by atoms with Gasteiger partial charge in [0.05, 0.1) is 0 Å². The van der Waals surface area contributed by atoms with Crippen molar-refractivity contribution in [1.82, 2.24) is 0 Å². The molecule has 1 atom stereocenters. The lowest BCUT2D eigenvalue weighted by atomic mass is 10.1. The second-order valence-corrected chi connectivity index (χ2v) is 4.08. The number of anilines is 1. The Kier molecular flexibility index (Phi) is 3.66. The number of amides is 1. The molecule has 4 N–H and O–H groups in total. The van der Waals surface area contributed by atoms with Gasteiger partial charge in [0, 0.05) is 5.69 Å². The molecule has 2 aromatic rings. The number of phenols is 1. The zero-order chi connectivity index (χ0) is 13.8. The highest BCUT2D eigenvalue weighted by Crippen LogP contribution is 2.22. The summed E-state index contributed by atoms with van der Waals surface area (Å²) in [6, 6.07) is 11.0. The van der Waals surface area contributed by atoms with Crippen LogP contribution in [0.1, 0.15) is 11.6 Å². The van der Waals surface area contributed by atoms with E-state index in [1.54, 1.807) is 12.1 Å². The van der Waals surface area contributed by atoms with E-state index < -0.39 is 11.9 Å². The standard InChI is InChI=1S/C14H13FN2O2/c15-10-4-6-11(7-5-10)17-13(14(16)19)9-2-1-3-12(18)8-9/h1-8,13,17-18H,(H2,16,19). The first kappa shape index (κ1) is 12.9. The van der Waals surface area contributed by atoms with Gasteiger partial charge in [0.15, 0.2) is 0 Å². The zero-order valence-corrected chi connectivity index (χ0v) is 10.0. The van der Waals surface area contributed by atoms with E-state index in [4.69, 9.17) is 5.73 Å². The van der Waals surface area contributed by atoms with E-state index in [0.717, 1.165) is 0 Å². The number of carbonyl (C=O) groups excluding carboxylic acids is 1. The molecule has 0 spiro atoms. The Morgan fingerprint density at radius 2 is 1.89 bits per heavy atom. The van der Waals surface area contributed by atoms with Crippen LogP contribution in [0.25, 0.3) is 0 Å². The second-order valence-electron chi connectivity index (χ2n) is 4.08. The maximum atomic E-state index is 12.8. The van der Waals surface area contributed by atoms with E-state index in [9.17, 15) is 14.3 Å². The van der Waals surface area contributed by atoms with Gasteiger partial charge in [-0.05, 0) is 42.0 Å². The fourth-order valence-electron chi connectivity index (χ4n) is 1.74. The van der Waals surface area contributed by atoms with E-state index in [2.05, 4.69) is 5.32 Å². The number of primary amides is 1. The number of hydrogen-bond acceptors (Lipinski definition) is 3. The van der Waals surface area contributed by atoms with Crippen LogP contribution in [0.4, 0.5) is 10.1 Å². The maximum Gasteiger partial charge on any atom is 0.244 e. The van der Waals surface area contributed by atoms with Gasteiger partial charge in [-0.25, -0.2) is 4.39 Å². The quantitative estimate of drug-likeness (QED) is 0.788. The molecule has 4 nitrogen and oxygen atoms in total. The van der Waals surface area contributed by atoms with Crippen molar-refractivity contribution in [3.8, 4) is 5.75 Å². The van der Waals surface area contributed by atoms with Crippen LogP contribution in [-0.4, -0.2) is 11.0 Å². The molecule has 0 aliphatic rings. The van der Waals surface area contributed by atoms with Crippen molar-refractivity contribution in [1.29, 1.82) is 0 Å². The number of hydrogen-bond donors (Lipinski definition) is 3. The minimum atomic E-state index is -0.794. The Bertz CT molecular complexity index is 584. The molecule has 0 radical (unpaired) electrons. The van der Waals surface area contributed by atoms with Crippen molar-refractivity contribution in [3.63, 3.8) is 0 Å². The van der Waals surface area contributed by atoms with Crippen LogP contribution in [0.5, 0.6) is 5.75 Å². The van der Waals surface area contributed by atoms with Gasteiger partial charge in [0.2, 0.25) is 5.91 Å². The number of halogens is 1. The molecule has 0 bridgehead atoms. The second kappa shape index (κ2) is 5.39. The highest BCUT2D eigenvalue weighted by atomic mass is 19.1. The predicted molar refractivity (Wildman–Crippen MR) is 70.1 cm³/mol. The van der Waals surface area contributed by atoms with Crippen LogP contribution in [0.15, 0.2) is 48.5 Å². The number of nitrogens with two attached hydrogens (primary N) is 1. The minimum absolute atomic E-state index is 0.0460. The summed E-state index contributed by atoms with van der Waals surface area (Å²) in [4.78, 5) is 11.5. The van der Waals surface area contributed by atoms with E-state index in [1.807, 2.05) is 0 Å². The first-order chi connectivity index (χ1) is 9.06. The SMILES string of the molecule is NC(=O)C(Nc1ccc(F)cc1)c1cccc(O)c1. The third-order valence-electron chi connectivity index (χ3n) is 2.64. The Balaban J connectivity index is 2.26. The molecule has 0 fully saturated rings. The summed E-state index contributed by atoms with van der Waals surface area (Å²) in [6.07, 6.45) is 0. The lowest BCUT2D eigenvalue weighted by Gasteiger charge is -2.17. The number of benzene rings is 2. The Morgan fingerprint density at radius 3 is 2.47 bits per heavy atom. The number of aromatic hydroxyl groups is 1. The molecule has 0 saturated carbocycles. The summed E-state index contributed by atoms with van der Waals surface area (Å²) >= 11 is 0. The van der Waals surface area contributed by atoms with Gasteiger partial charge >= 0.3 is 0 Å². The molecule has 19 heavy (non-hydrogen) atoms. The van der Waals surface area contributed by atoms with Crippen LogP contribution < -0.4 is 11.1 Å². The third-order valence-corrected chi connectivity index (χ3v) is 2.64. The molecule has 1 amide bonds. The molecule has 0 aliphatic carbocycles. The highest BCUT2D eigenvalue weighted by Gasteiger charge is 2.17. The summed E-state index contributed by atoms with van der Waals surface area (Å²) in [5.74, 6) is -0.905. The van der Waals surface area contributed by atoms with E-state index in [0.29, 0.717) is 11.3 Å². The minimum Gasteiger partial charge on any atom is -0.508 e. The molecular formula is C14H13FN2O2. The maximum absolute atomic E-state index is 12.8. The van der Waals surface area contributed by atoms with Crippen LogP contribution in [0.3, 0.4) is 0 Å². The van der Waals surface area contributed by atoms with E-state index >= 15 is 0 Å². The van der Waals surface area contributed by atoms with Gasteiger partial charge in [-0.1, -0.05) is 12.1 Å². The first-order valence-electron chi connectivity index (χ1n) is 5.66. The zero-order valence-electron chi connectivity index (χ0n) is 10.0. The van der Waals surface area contributed by atoms with E-state index in [1.165, 1.54) is 36.4 Å². The molecular weight excluding hydrogens is 247 g/mol. The smallest absolute Gasteiger partial charge is 0.244 e. The molecule has 5 heteroatoms. The van der Waals surface area contributed by atoms with Crippen molar-refractivity contribution in [2.45, 2.75) is 6.04 Å². The monoisotopic (exact) mass is 260 g/mol. The van der Waals surface area contributed by atoms with Crippen molar-refractivity contribution in [2.24, 2.45) is 5.73 Å². The summed E-state index contributed by atoms with van der Waals surface area (Å²) in [6.45, 7) is 0. The van der Waals surface area contributed by atoms with E-state index in [-0.39, 0.29) is 11.6 Å². The Hall–Kier alpha value is -2.56. The van der Waals surface area contributed by atoms with Crippen molar-refractivity contribution in [3.05, 3.63) is 59.9 Å². The van der Waals surface area contributed by atoms with Gasteiger partial charge in [-0.2, -0.15) is 0 Å². The third kappa shape index (κ3) is 3.22. The largest absolute Gasteiger partial charge is 0.508 e. The van der Waals surface area contributed by atoms with Crippen LogP contribution in [0.2, 0.25) is 0 Å². The summed E-state index contributed by atoms with van der Waals surface area (Å²) in [5, 5.41) is 12.3. The van der Waals surface area contributed by atoms with Crippen LogP contribution >= 0.6 is 0 Å². The molecule has 98 valence electrons. The van der Waals surface area contributed by atoms with Gasteiger partial charge in [-0.15, -0.1) is 0 Å². The molecule has 0 aliphatic heterocycles. The van der Waals surface area contributed by atoms with Crippen LogP contribution in [0, 0.1) is 5.82 Å². The Labute approximate surface area is 109 Å². The van der Waals surface area contributed by atoms with Gasteiger partial charge in [-0.3, -0.25) is 4.79 Å². The average Bonchev–Trinajstić information content (AvgIpc) is 2.37. The van der Waals surface area contributed by atoms with Gasteiger partial charge in [0.1, 0.15) is 17.6 Å². The van der Waals surface area contributed by atoms with Gasteiger partial charge in [0.25, 0.3) is 0 Å². The number of nitrogens with one attached hydrogen (secondary N) is 1. The lowest BCUT2D eigenvalue weighted by molar-refractivity contribution is -0.118. The fraction of sp³-hybridized carbons (Fsp3) is 0.0714. The lowest BCUT2D eigenvalue weighted by Crippen LogP contribution is -2.27. The first-order valence-corrected chi connectivity index (χ1v) is 5.66. The van der Waals surface area contributed by atoms with Crippen molar-refractivity contribution >= 4 is 11.6 Å². The molecule has 0 aromatic heterocycles. The summed E-state index contributed by atoms with van der Waals surface area (Å²) < 4.78 is 12.8. The average molecular weight is 260 g/mol. The Morgan fingerprint density at radius 1 is 1.21 bits per heavy atom. The number of rotatable bonds is 4. The molecule has 0 heterocycles. The summed E-state index contributed by atoms with van der Waals surface area (Å²) in [5.41, 5.74) is 6.44. The normalized spacial score (nSPS) is 11.8. The molecule has 1 unspecified atom stereocenters. The predicted octanol–water partition coefficient (Wildman–Crippen LogP) is 2.17. The fourth-order valence-corrected chi connectivity index (χ4v) is 1.74. The topological polar surface area (TPSA) is 75.4 Å². The highest BCUT2D eigenvalue weighted by molar-refractivity contribution is 5.84. The molecule has 2 aromatic carbocycles. The van der Waals surface area contributed by atoms with Gasteiger partial charge < -0.3 is 16.2 Å². The summed E-state index contributed by atoms with van der Waals surface area (Å²) in [7, 11) is 0. The number of carbonyl (C=O) groups is 1. The van der Waals surface area contributed by atoms with Crippen molar-refractivity contribution < 1.29 is 14.3 Å². The van der Waals surface area contributed by atoms with Crippen LogP contribution in [-0.2, 0) is 4.79 Å². The number of phenolic OH excluding ortho intramolecular Hbond substituents is 1. The molecule has 2 rings (SSSR count). The van der Waals surface area contributed by atoms with Crippen molar-refractivity contribution in [2.75, 3.05) is 5.32 Å².